The van der Waals surface area contributed by atoms with E-state index >= 15 is 0 Å². The maximum absolute atomic E-state index is 6.35. The number of nitrogens with one attached hydrogen (secondary N) is 1. The Morgan fingerprint density at radius 2 is 2.24 bits per heavy atom. The summed E-state index contributed by atoms with van der Waals surface area (Å²) in [4.78, 5) is 2.42. The normalized spacial score (nSPS) is 20.4. The average Bonchev–Trinajstić information content (AvgIpc) is 2.76. The third kappa shape index (κ3) is 4.19. The van der Waals surface area contributed by atoms with Gasteiger partial charge in [-0.05, 0) is 12.5 Å². The van der Waals surface area contributed by atoms with Crippen LogP contribution in [0, 0.1) is 0 Å². The quantitative estimate of drug-likeness (QED) is 0.872. The van der Waals surface area contributed by atoms with Crippen LogP contribution in [0.25, 0.3) is 0 Å². The van der Waals surface area contributed by atoms with Crippen LogP contribution in [0.3, 0.4) is 0 Å². The zero-order valence-corrected chi connectivity index (χ0v) is 14.3. The maximum atomic E-state index is 6.35. The van der Waals surface area contributed by atoms with Gasteiger partial charge < -0.3 is 10.1 Å². The van der Waals surface area contributed by atoms with Crippen LogP contribution in [0.2, 0.25) is 5.15 Å². The molecule has 1 saturated heterocycles. The van der Waals surface area contributed by atoms with E-state index in [1.807, 2.05) is 7.05 Å². The van der Waals surface area contributed by atoms with Gasteiger partial charge in [-0.15, -0.1) is 0 Å². The molecule has 0 aromatic carbocycles. The Balaban J connectivity index is 1.89. The lowest BCUT2D eigenvalue weighted by atomic mass is 10.1. The molecule has 1 aromatic rings. The molecular formula is C15H27ClN4O. The van der Waals surface area contributed by atoms with E-state index in [0.717, 1.165) is 55.7 Å². The van der Waals surface area contributed by atoms with E-state index < -0.39 is 0 Å². The molecule has 21 heavy (non-hydrogen) atoms. The minimum Gasteiger partial charge on any atom is -0.374 e. The SMILES string of the molecule is CCN1CCO[C@@H](CNCc2c(C(C)C)nn(C)c2Cl)C1. The Hall–Kier alpha value is -0.620. The van der Waals surface area contributed by atoms with Crippen LogP contribution in [0.5, 0.6) is 0 Å². The highest BCUT2D eigenvalue weighted by Crippen LogP contribution is 2.25. The van der Waals surface area contributed by atoms with Crippen LogP contribution in [0.4, 0.5) is 0 Å². The summed E-state index contributed by atoms with van der Waals surface area (Å²) in [6.07, 6.45) is 0.261. The molecule has 0 saturated carbocycles. The lowest BCUT2D eigenvalue weighted by molar-refractivity contribution is -0.0253. The number of hydrogen-bond donors (Lipinski definition) is 1. The van der Waals surface area contributed by atoms with E-state index in [0.29, 0.717) is 5.92 Å². The summed E-state index contributed by atoms with van der Waals surface area (Å²) >= 11 is 6.35. The minimum atomic E-state index is 0.261. The van der Waals surface area contributed by atoms with E-state index in [-0.39, 0.29) is 6.10 Å². The van der Waals surface area contributed by atoms with Crippen LogP contribution in [-0.2, 0) is 18.3 Å². The second-order valence-corrected chi connectivity index (χ2v) is 6.31. The van der Waals surface area contributed by atoms with Crippen molar-refractivity contribution in [2.45, 2.75) is 39.3 Å². The van der Waals surface area contributed by atoms with Gasteiger partial charge in [0.2, 0.25) is 0 Å². The van der Waals surface area contributed by atoms with Gasteiger partial charge in [-0.3, -0.25) is 9.58 Å². The largest absolute Gasteiger partial charge is 0.374 e. The van der Waals surface area contributed by atoms with Gasteiger partial charge in [0, 0.05) is 38.8 Å². The Labute approximate surface area is 132 Å². The van der Waals surface area contributed by atoms with E-state index in [2.05, 4.69) is 36.1 Å². The number of likely N-dealkylation sites (N-methyl/N-ethyl adjacent to an activating group) is 1. The van der Waals surface area contributed by atoms with Gasteiger partial charge in [0.25, 0.3) is 0 Å². The number of morpholine rings is 1. The van der Waals surface area contributed by atoms with E-state index in [4.69, 9.17) is 16.3 Å². The second kappa shape index (κ2) is 7.58. The molecule has 0 aliphatic carbocycles. The molecule has 0 bridgehead atoms. The van der Waals surface area contributed by atoms with Crippen LogP contribution < -0.4 is 5.32 Å². The molecule has 2 rings (SSSR count). The van der Waals surface area contributed by atoms with Crippen molar-refractivity contribution < 1.29 is 4.74 Å². The van der Waals surface area contributed by atoms with Crippen molar-refractivity contribution >= 4 is 11.6 Å². The van der Waals surface area contributed by atoms with Crippen LogP contribution in [0.15, 0.2) is 0 Å². The highest BCUT2D eigenvalue weighted by atomic mass is 35.5. The Bertz CT molecular complexity index is 461. The van der Waals surface area contributed by atoms with Crippen molar-refractivity contribution in [3.63, 3.8) is 0 Å². The number of rotatable bonds is 6. The van der Waals surface area contributed by atoms with E-state index in [1.54, 1.807) is 4.68 Å². The van der Waals surface area contributed by atoms with Crippen LogP contribution in [-0.4, -0.2) is 53.6 Å². The number of aryl methyl sites for hydroxylation is 1. The molecule has 1 atom stereocenters. The molecule has 6 heteroatoms. The highest BCUT2D eigenvalue weighted by Gasteiger charge is 2.20. The van der Waals surface area contributed by atoms with E-state index in [9.17, 15) is 0 Å². The number of aromatic nitrogens is 2. The third-order valence-corrected chi connectivity index (χ3v) is 4.46. The first-order chi connectivity index (χ1) is 10.0. The molecule has 120 valence electrons. The molecule has 2 heterocycles. The fourth-order valence-corrected chi connectivity index (χ4v) is 2.94. The topological polar surface area (TPSA) is 42.3 Å². The molecule has 0 radical (unpaired) electrons. The first-order valence-electron chi connectivity index (χ1n) is 7.78. The first kappa shape index (κ1) is 16.7. The van der Waals surface area contributed by atoms with Gasteiger partial charge in [0.15, 0.2) is 0 Å². The number of hydrogen-bond acceptors (Lipinski definition) is 4. The highest BCUT2D eigenvalue weighted by molar-refractivity contribution is 6.30. The third-order valence-electron chi connectivity index (χ3n) is 3.99. The van der Waals surface area contributed by atoms with Gasteiger partial charge in [-0.2, -0.15) is 5.10 Å². The maximum Gasteiger partial charge on any atom is 0.131 e. The van der Waals surface area contributed by atoms with Gasteiger partial charge in [-0.1, -0.05) is 32.4 Å². The first-order valence-corrected chi connectivity index (χ1v) is 8.16. The van der Waals surface area contributed by atoms with Gasteiger partial charge >= 0.3 is 0 Å². The van der Waals surface area contributed by atoms with Gasteiger partial charge in [0.1, 0.15) is 5.15 Å². The molecular weight excluding hydrogens is 288 g/mol. The Kier molecular flexibility index (Phi) is 6.05. The Morgan fingerprint density at radius 3 is 2.90 bits per heavy atom. The zero-order valence-electron chi connectivity index (χ0n) is 13.5. The van der Waals surface area contributed by atoms with Crippen molar-refractivity contribution in [3.05, 3.63) is 16.4 Å². The molecule has 1 aliphatic rings. The zero-order chi connectivity index (χ0) is 15.4. The summed E-state index contributed by atoms with van der Waals surface area (Å²) in [6, 6.07) is 0. The molecule has 0 amide bonds. The number of nitrogens with zero attached hydrogens (tertiary/aromatic N) is 3. The lowest BCUT2D eigenvalue weighted by Gasteiger charge is -2.32. The summed E-state index contributed by atoms with van der Waals surface area (Å²) in [5.41, 5.74) is 2.19. The summed E-state index contributed by atoms with van der Waals surface area (Å²) in [6.45, 7) is 12.0. The van der Waals surface area contributed by atoms with Gasteiger partial charge in [-0.25, -0.2) is 0 Å². The molecule has 1 fully saturated rings. The molecule has 1 N–H and O–H groups in total. The van der Waals surface area contributed by atoms with Gasteiger partial charge in [0.05, 0.1) is 18.4 Å². The summed E-state index contributed by atoms with van der Waals surface area (Å²) < 4.78 is 7.56. The average molecular weight is 315 g/mol. The Morgan fingerprint density at radius 1 is 1.48 bits per heavy atom. The molecule has 0 spiro atoms. The predicted molar refractivity (Wildman–Crippen MR) is 85.9 cm³/mol. The predicted octanol–water partition coefficient (Wildman–Crippen LogP) is 2.01. The summed E-state index contributed by atoms with van der Waals surface area (Å²) in [5, 5.41) is 8.71. The smallest absolute Gasteiger partial charge is 0.131 e. The fourth-order valence-electron chi connectivity index (χ4n) is 2.74. The van der Waals surface area contributed by atoms with Crippen molar-refractivity contribution in [1.82, 2.24) is 20.0 Å². The molecule has 5 nitrogen and oxygen atoms in total. The van der Waals surface area contributed by atoms with Crippen molar-refractivity contribution in [1.29, 1.82) is 0 Å². The van der Waals surface area contributed by atoms with Crippen molar-refractivity contribution in [2.24, 2.45) is 7.05 Å². The number of ether oxygens (including phenoxy) is 1. The standard InChI is InChI=1S/C15H27ClN4O/c1-5-20-6-7-21-12(10-20)8-17-9-13-14(11(2)3)18-19(4)15(13)16/h11-12,17H,5-10H2,1-4H3/t12-/m0/s1. The van der Waals surface area contributed by atoms with Crippen molar-refractivity contribution in [2.75, 3.05) is 32.8 Å². The van der Waals surface area contributed by atoms with Crippen molar-refractivity contribution in [3.8, 4) is 0 Å². The molecule has 0 unspecified atom stereocenters. The summed E-state index contributed by atoms with van der Waals surface area (Å²) in [5.74, 6) is 0.377. The monoisotopic (exact) mass is 314 g/mol. The second-order valence-electron chi connectivity index (χ2n) is 5.95. The molecule has 1 aliphatic heterocycles. The van der Waals surface area contributed by atoms with E-state index in [1.165, 1.54) is 0 Å². The molecule has 1 aromatic heterocycles. The summed E-state index contributed by atoms with van der Waals surface area (Å²) in [7, 11) is 1.89. The number of halogens is 1. The minimum absolute atomic E-state index is 0.261. The fraction of sp³-hybridized carbons (Fsp3) is 0.800. The van der Waals surface area contributed by atoms with Crippen LogP contribution >= 0.6 is 11.6 Å². The van der Waals surface area contributed by atoms with Crippen LogP contribution in [0.1, 0.15) is 37.9 Å². The lowest BCUT2D eigenvalue weighted by Crippen LogP contribution is -2.46.